The summed E-state index contributed by atoms with van der Waals surface area (Å²) >= 11 is 1.66. The van der Waals surface area contributed by atoms with E-state index in [1.807, 2.05) is 4.68 Å². The van der Waals surface area contributed by atoms with E-state index in [0.717, 1.165) is 42.1 Å². The molecule has 1 aliphatic carbocycles. The molecule has 0 atom stereocenters. The fraction of sp³-hybridized carbons (Fsp3) is 0.750. The molecule has 1 saturated carbocycles. The van der Waals surface area contributed by atoms with Crippen LogP contribution in [0.3, 0.4) is 0 Å². The average Bonchev–Trinajstić information content (AvgIpc) is 3.07. The van der Waals surface area contributed by atoms with E-state index in [4.69, 9.17) is 0 Å². The van der Waals surface area contributed by atoms with Gasteiger partial charge in [0, 0.05) is 19.0 Å². The van der Waals surface area contributed by atoms with Crippen molar-refractivity contribution in [3.63, 3.8) is 0 Å². The zero-order valence-electron chi connectivity index (χ0n) is 11.9. The largest absolute Gasteiger partial charge is 0.306 e. The Balaban J connectivity index is 1.70. The molecule has 0 N–H and O–H groups in total. The normalized spacial score (nSPS) is 14.9. The average molecular weight is 293 g/mol. The summed E-state index contributed by atoms with van der Waals surface area (Å²) in [5.74, 6) is 3.40. The molecule has 2 heterocycles. The summed E-state index contributed by atoms with van der Waals surface area (Å²) in [7, 11) is 0. The lowest BCUT2D eigenvalue weighted by atomic mass is 10.4. The molecule has 1 fully saturated rings. The van der Waals surface area contributed by atoms with Crippen molar-refractivity contribution >= 4 is 11.8 Å². The molecule has 0 radical (unpaired) electrons. The van der Waals surface area contributed by atoms with E-state index in [2.05, 4.69) is 44.1 Å². The number of thioether (sulfide) groups is 1. The highest BCUT2D eigenvalue weighted by atomic mass is 32.2. The van der Waals surface area contributed by atoms with Gasteiger partial charge in [-0.15, -0.1) is 15.3 Å². The van der Waals surface area contributed by atoms with Crippen LogP contribution in [-0.4, -0.2) is 35.0 Å². The number of nitrogens with zero attached hydrogens (tertiary/aromatic N) is 7. The molecule has 7 nitrogen and oxygen atoms in total. The van der Waals surface area contributed by atoms with Crippen LogP contribution >= 0.6 is 11.8 Å². The van der Waals surface area contributed by atoms with Crippen molar-refractivity contribution < 1.29 is 0 Å². The van der Waals surface area contributed by atoms with Crippen LogP contribution < -0.4 is 0 Å². The SMILES string of the molecule is CCCn1nnnc1CSc1nnc(C2CC2)n1CC. The molecular formula is C12H19N7S. The molecule has 20 heavy (non-hydrogen) atoms. The van der Waals surface area contributed by atoms with Crippen molar-refractivity contribution in [2.24, 2.45) is 0 Å². The fourth-order valence-corrected chi connectivity index (χ4v) is 3.13. The lowest BCUT2D eigenvalue weighted by Gasteiger charge is -2.06. The van der Waals surface area contributed by atoms with E-state index in [-0.39, 0.29) is 0 Å². The summed E-state index contributed by atoms with van der Waals surface area (Å²) < 4.78 is 4.08. The van der Waals surface area contributed by atoms with Gasteiger partial charge < -0.3 is 4.57 Å². The van der Waals surface area contributed by atoms with Crippen LogP contribution in [0.1, 0.15) is 50.7 Å². The Bertz CT molecular complexity index is 572. The highest BCUT2D eigenvalue weighted by Gasteiger charge is 2.30. The van der Waals surface area contributed by atoms with Crippen LogP contribution in [0.4, 0.5) is 0 Å². The maximum absolute atomic E-state index is 4.34. The molecule has 0 spiro atoms. The van der Waals surface area contributed by atoms with Crippen LogP contribution in [0.25, 0.3) is 0 Å². The smallest absolute Gasteiger partial charge is 0.191 e. The van der Waals surface area contributed by atoms with Crippen molar-refractivity contribution in [2.45, 2.75) is 63.0 Å². The standard InChI is InChI=1S/C12H19N7S/c1-3-7-19-10(13-16-17-19)8-20-12-15-14-11(9-5-6-9)18(12)4-2/h9H,3-8H2,1-2H3. The quantitative estimate of drug-likeness (QED) is 0.725. The molecule has 0 amide bonds. The summed E-state index contributed by atoms with van der Waals surface area (Å²) in [4.78, 5) is 0. The number of hydrogen-bond donors (Lipinski definition) is 0. The fourth-order valence-electron chi connectivity index (χ4n) is 2.19. The van der Waals surface area contributed by atoms with E-state index in [1.165, 1.54) is 12.8 Å². The first-order chi connectivity index (χ1) is 9.83. The minimum Gasteiger partial charge on any atom is -0.306 e. The van der Waals surface area contributed by atoms with Crippen molar-refractivity contribution in [1.29, 1.82) is 0 Å². The van der Waals surface area contributed by atoms with Gasteiger partial charge in [0.1, 0.15) is 5.82 Å². The van der Waals surface area contributed by atoms with Crippen LogP contribution in [0.2, 0.25) is 0 Å². The first-order valence-corrected chi connectivity index (χ1v) is 8.13. The molecule has 0 aliphatic heterocycles. The highest BCUT2D eigenvalue weighted by molar-refractivity contribution is 7.98. The van der Waals surface area contributed by atoms with Gasteiger partial charge in [0.25, 0.3) is 0 Å². The summed E-state index contributed by atoms with van der Waals surface area (Å²) in [6.45, 7) is 6.03. The van der Waals surface area contributed by atoms with E-state index >= 15 is 0 Å². The Morgan fingerprint density at radius 1 is 1.20 bits per heavy atom. The van der Waals surface area contributed by atoms with Crippen LogP contribution in [0.5, 0.6) is 0 Å². The van der Waals surface area contributed by atoms with Crippen molar-refractivity contribution in [3.8, 4) is 0 Å². The van der Waals surface area contributed by atoms with Gasteiger partial charge in [-0.3, -0.25) is 0 Å². The summed E-state index contributed by atoms with van der Waals surface area (Å²) in [6, 6.07) is 0. The Hall–Kier alpha value is -1.44. The van der Waals surface area contributed by atoms with Gasteiger partial charge >= 0.3 is 0 Å². The lowest BCUT2D eigenvalue weighted by molar-refractivity contribution is 0.564. The number of hydrogen-bond acceptors (Lipinski definition) is 6. The van der Waals surface area contributed by atoms with Crippen LogP contribution in [0, 0.1) is 0 Å². The lowest BCUT2D eigenvalue weighted by Crippen LogP contribution is -2.05. The van der Waals surface area contributed by atoms with Crippen LogP contribution in [-0.2, 0) is 18.8 Å². The van der Waals surface area contributed by atoms with E-state index < -0.39 is 0 Å². The molecule has 2 aromatic rings. The Morgan fingerprint density at radius 3 is 2.75 bits per heavy atom. The van der Waals surface area contributed by atoms with Gasteiger partial charge in [0.15, 0.2) is 11.0 Å². The molecule has 0 bridgehead atoms. The third kappa shape index (κ3) is 2.70. The summed E-state index contributed by atoms with van der Waals surface area (Å²) in [5, 5.41) is 21.5. The van der Waals surface area contributed by atoms with Crippen molar-refractivity contribution in [1.82, 2.24) is 35.0 Å². The second-order valence-electron chi connectivity index (χ2n) is 4.97. The minimum atomic E-state index is 0.627. The second kappa shape index (κ2) is 5.90. The van der Waals surface area contributed by atoms with E-state index in [1.54, 1.807) is 11.8 Å². The number of tetrazole rings is 1. The summed E-state index contributed by atoms with van der Waals surface area (Å²) in [5.41, 5.74) is 0. The van der Waals surface area contributed by atoms with Gasteiger partial charge in [0.05, 0.1) is 5.75 Å². The van der Waals surface area contributed by atoms with Crippen molar-refractivity contribution in [2.75, 3.05) is 0 Å². The molecule has 2 aromatic heterocycles. The van der Waals surface area contributed by atoms with Gasteiger partial charge in [-0.1, -0.05) is 18.7 Å². The van der Waals surface area contributed by atoms with Crippen molar-refractivity contribution in [3.05, 3.63) is 11.6 Å². The molecule has 3 rings (SSSR count). The highest BCUT2D eigenvalue weighted by Crippen LogP contribution is 2.40. The predicted molar refractivity (Wildman–Crippen MR) is 75.3 cm³/mol. The second-order valence-corrected chi connectivity index (χ2v) is 5.91. The minimum absolute atomic E-state index is 0.627. The monoisotopic (exact) mass is 293 g/mol. The third-order valence-electron chi connectivity index (χ3n) is 3.38. The molecule has 1 aliphatic rings. The van der Waals surface area contributed by atoms with Gasteiger partial charge in [-0.25, -0.2) is 4.68 Å². The maximum Gasteiger partial charge on any atom is 0.191 e. The summed E-state index contributed by atoms with van der Waals surface area (Å²) in [6.07, 6.45) is 3.52. The maximum atomic E-state index is 4.34. The molecule has 0 aromatic carbocycles. The molecular weight excluding hydrogens is 274 g/mol. The van der Waals surface area contributed by atoms with Gasteiger partial charge in [-0.05, 0) is 36.6 Å². The Kier molecular flexibility index (Phi) is 4.00. The molecule has 0 unspecified atom stereocenters. The predicted octanol–water partition coefficient (Wildman–Crippen LogP) is 1.86. The number of rotatable bonds is 7. The Morgan fingerprint density at radius 2 is 2.05 bits per heavy atom. The first-order valence-electron chi connectivity index (χ1n) is 7.14. The molecule has 8 heteroatoms. The van der Waals surface area contributed by atoms with Crippen LogP contribution in [0.15, 0.2) is 5.16 Å². The zero-order chi connectivity index (χ0) is 13.9. The number of aromatic nitrogens is 7. The Labute approximate surface area is 122 Å². The van der Waals surface area contributed by atoms with E-state index in [0.29, 0.717) is 5.92 Å². The topological polar surface area (TPSA) is 74.3 Å². The number of aryl methyl sites for hydroxylation is 1. The first kappa shape index (κ1) is 13.5. The molecule has 0 saturated heterocycles. The van der Waals surface area contributed by atoms with Gasteiger partial charge in [-0.2, -0.15) is 0 Å². The zero-order valence-corrected chi connectivity index (χ0v) is 12.7. The third-order valence-corrected chi connectivity index (χ3v) is 4.34. The van der Waals surface area contributed by atoms with Gasteiger partial charge in [0.2, 0.25) is 0 Å². The van der Waals surface area contributed by atoms with E-state index in [9.17, 15) is 0 Å². The molecule has 108 valence electrons.